The van der Waals surface area contributed by atoms with E-state index in [9.17, 15) is 13.2 Å². The molecular formula is C35H50N2O5S. The normalized spacial score (nSPS) is 43.0. The first-order chi connectivity index (χ1) is 20.5. The Bertz CT molecular complexity index is 1380. The van der Waals surface area contributed by atoms with Crippen molar-refractivity contribution >= 4 is 16.0 Å². The number of hydroxylamine groups is 2. The van der Waals surface area contributed by atoms with E-state index in [2.05, 4.69) is 25.5 Å². The number of hydrogen-bond acceptors (Lipinski definition) is 6. The van der Waals surface area contributed by atoms with Gasteiger partial charge in [-0.3, -0.25) is 0 Å². The lowest BCUT2D eigenvalue weighted by Gasteiger charge is -2.54. The molecule has 3 saturated carbocycles. The molecule has 7 nitrogen and oxygen atoms in total. The molecule has 43 heavy (non-hydrogen) atoms. The van der Waals surface area contributed by atoms with Crippen molar-refractivity contribution in [2.75, 3.05) is 12.8 Å². The van der Waals surface area contributed by atoms with Gasteiger partial charge in [-0.1, -0.05) is 43.2 Å². The van der Waals surface area contributed by atoms with Crippen molar-refractivity contribution in [3.05, 3.63) is 47.0 Å². The molecule has 2 aliphatic heterocycles. The summed E-state index contributed by atoms with van der Waals surface area (Å²) in [4.78, 5) is 19.1. The summed E-state index contributed by atoms with van der Waals surface area (Å²) in [5.41, 5.74) is 3.94. The molecule has 236 valence electrons. The molecule has 1 N–H and O–H groups in total. The van der Waals surface area contributed by atoms with Crippen molar-refractivity contribution in [2.24, 2.45) is 35.0 Å². The maximum Gasteiger partial charge on any atom is 0.357 e. The van der Waals surface area contributed by atoms with Crippen LogP contribution < -0.4 is 4.72 Å². The summed E-state index contributed by atoms with van der Waals surface area (Å²) in [5, 5.41) is 1.96. The minimum absolute atomic E-state index is 0.0911. The van der Waals surface area contributed by atoms with Gasteiger partial charge in [0.2, 0.25) is 10.0 Å². The molecule has 0 bridgehead atoms. The minimum atomic E-state index is -3.17. The number of nitrogens with zero attached hydrogens (tertiary/aromatic N) is 1. The monoisotopic (exact) mass is 610 g/mol. The fourth-order valence-corrected chi connectivity index (χ4v) is 11.8. The van der Waals surface area contributed by atoms with E-state index in [1.165, 1.54) is 31.9 Å². The number of hydrogen-bond donors (Lipinski definition) is 1. The number of carbonyl (C=O) groups excluding carboxylic acids is 1. The van der Waals surface area contributed by atoms with Crippen LogP contribution in [0.15, 0.2) is 41.5 Å². The van der Waals surface area contributed by atoms with E-state index in [4.69, 9.17) is 9.57 Å². The van der Waals surface area contributed by atoms with Gasteiger partial charge in [0.15, 0.2) is 0 Å². The van der Waals surface area contributed by atoms with Gasteiger partial charge in [-0.15, -0.1) is 5.06 Å². The zero-order valence-electron chi connectivity index (χ0n) is 26.4. The van der Waals surface area contributed by atoms with E-state index in [1.807, 2.05) is 35.4 Å². The van der Waals surface area contributed by atoms with Crippen LogP contribution in [-0.2, 0) is 19.6 Å². The van der Waals surface area contributed by atoms with Crippen LogP contribution in [0, 0.1) is 35.0 Å². The number of nitrogens with one attached hydrogen (secondary N) is 1. The van der Waals surface area contributed by atoms with Gasteiger partial charge in [0.25, 0.3) is 0 Å². The van der Waals surface area contributed by atoms with Gasteiger partial charge in [0.1, 0.15) is 0 Å². The number of fused-ring (bicyclic) bond motifs is 6. The number of allylic oxidation sites excluding steroid dienone is 1. The molecule has 1 aromatic carbocycles. The van der Waals surface area contributed by atoms with Gasteiger partial charge in [-0.2, -0.15) is 0 Å². The number of ether oxygens (including phenoxy) is 1. The first kappa shape index (κ1) is 29.9. The quantitative estimate of drug-likeness (QED) is 0.405. The van der Waals surface area contributed by atoms with Gasteiger partial charge in [-0.25, -0.2) is 17.9 Å². The van der Waals surface area contributed by atoms with Crippen molar-refractivity contribution in [1.82, 2.24) is 9.79 Å². The van der Waals surface area contributed by atoms with Gasteiger partial charge in [0.05, 0.1) is 29.6 Å². The Labute approximate surface area is 258 Å². The Kier molecular flexibility index (Phi) is 7.63. The minimum Gasteiger partial charge on any atom is -0.369 e. The third-order valence-corrected chi connectivity index (χ3v) is 13.8. The molecule has 6 aliphatic rings. The van der Waals surface area contributed by atoms with Crippen LogP contribution in [0.5, 0.6) is 0 Å². The Morgan fingerprint density at radius 1 is 1.09 bits per heavy atom. The second-order valence-electron chi connectivity index (χ2n) is 15.3. The van der Waals surface area contributed by atoms with Crippen molar-refractivity contribution in [1.29, 1.82) is 0 Å². The highest BCUT2D eigenvalue weighted by atomic mass is 32.2. The molecule has 1 unspecified atom stereocenters. The van der Waals surface area contributed by atoms with Gasteiger partial charge in [0, 0.05) is 18.5 Å². The lowest BCUT2D eigenvalue weighted by atomic mass is 9.52. The molecule has 0 aromatic heterocycles. The van der Waals surface area contributed by atoms with Crippen LogP contribution in [0.3, 0.4) is 0 Å². The predicted octanol–water partition coefficient (Wildman–Crippen LogP) is 6.27. The second-order valence-corrected chi connectivity index (χ2v) is 17.1. The Morgan fingerprint density at radius 3 is 2.65 bits per heavy atom. The van der Waals surface area contributed by atoms with Crippen LogP contribution in [0.1, 0.15) is 102 Å². The molecule has 5 fully saturated rings. The zero-order chi connectivity index (χ0) is 30.1. The van der Waals surface area contributed by atoms with Gasteiger partial charge in [-0.05, 0) is 119 Å². The van der Waals surface area contributed by atoms with E-state index in [1.54, 1.807) is 11.1 Å². The summed E-state index contributed by atoms with van der Waals surface area (Å²) in [7, 11) is -3.17. The van der Waals surface area contributed by atoms with Gasteiger partial charge < -0.3 is 9.57 Å². The summed E-state index contributed by atoms with van der Waals surface area (Å²) < 4.78 is 33.9. The summed E-state index contributed by atoms with van der Waals surface area (Å²) in [6.07, 6.45) is 13.4. The van der Waals surface area contributed by atoms with E-state index >= 15 is 0 Å². The van der Waals surface area contributed by atoms with E-state index in [0.717, 1.165) is 57.4 Å². The predicted molar refractivity (Wildman–Crippen MR) is 166 cm³/mol. The van der Waals surface area contributed by atoms with Crippen molar-refractivity contribution in [2.45, 2.75) is 115 Å². The molecule has 7 rings (SSSR count). The number of piperidine rings is 1. The molecule has 8 heteroatoms. The highest BCUT2D eigenvalue weighted by Gasteiger charge is 2.60. The van der Waals surface area contributed by atoms with Crippen LogP contribution >= 0.6 is 0 Å². The van der Waals surface area contributed by atoms with E-state index < -0.39 is 10.0 Å². The van der Waals surface area contributed by atoms with Crippen molar-refractivity contribution in [3.63, 3.8) is 0 Å². The highest BCUT2D eigenvalue weighted by Crippen LogP contribution is 2.65. The number of carbonyl (C=O) groups is 1. The third kappa shape index (κ3) is 5.22. The van der Waals surface area contributed by atoms with Gasteiger partial charge >= 0.3 is 5.97 Å². The van der Waals surface area contributed by atoms with Crippen molar-refractivity contribution in [3.8, 4) is 0 Å². The number of sulfonamides is 1. The Morgan fingerprint density at radius 2 is 1.88 bits per heavy atom. The SMILES string of the molecule is CC1=C2C[C@H]3[C@@H](CC[C@@H]4C[C@H](NS(C)(=O)=O)CC[C@@]43C)[C@@H]2CC[C@@]2(C1)O[C@@H]1CCCN(OC(=O)c3ccccc3)C1[C@H]2C. The number of rotatable bonds is 4. The van der Waals surface area contributed by atoms with Crippen molar-refractivity contribution < 1.29 is 22.8 Å². The lowest BCUT2D eigenvalue weighted by Crippen LogP contribution is -2.50. The first-order valence-corrected chi connectivity index (χ1v) is 18.7. The molecule has 2 heterocycles. The molecule has 4 aliphatic carbocycles. The molecule has 0 radical (unpaired) electrons. The summed E-state index contributed by atoms with van der Waals surface area (Å²) in [6, 6.07) is 9.49. The topological polar surface area (TPSA) is 84.9 Å². The molecule has 2 saturated heterocycles. The summed E-state index contributed by atoms with van der Waals surface area (Å²) in [6.45, 7) is 8.02. The average molecular weight is 611 g/mol. The number of benzene rings is 1. The summed E-state index contributed by atoms with van der Waals surface area (Å²) in [5.74, 6) is 2.66. The summed E-state index contributed by atoms with van der Waals surface area (Å²) >= 11 is 0. The van der Waals surface area contributed by atoms with Crippen LogP contribution in [0.2, 0.25) is 0 Å². The van der Waals surface area contributed by atoms with E-state index in [0.29, 0.717) is 28.7 Å². The van der Waals surface area contributed by atoms with Crippen LogP contribution in [0.25, 0.3) is 0 Å². The first-order valence-electron chi connectivity index (χ1n) is 16.8. The Hall–Kier alpha value is -1.74. The van der Waals surface area contributed by atoms with E-state index in [-0.39, 0.29) is 35.7 Å². The smallest absolute Gasteiger partial charge is 0.357 e. The Balaban J connectivity index is 1.08. The largest absolute Gasteiger partial charge is 0.369 e. The molecule has 10 atom stereocenters. The average Bonchev–Trinajstić information content (AvgIpc) is 3.43. The maximum atomic E-state index is 13.0. The zero-order valence-corrected chi connectivity index (χ0v) is 27.2. The standard InChI is InChI=1S/C35H50N2O5S/c1-22-21-35(23(2)32-31(41-35)11-8-18-37(32)42-33(38)24-9-6-5-7-10-24)17-15-27-28-13-12-25-19-26(36-43(4,39)40)14-16-34(25,3)30(28)20-29(22)27/h5-7,9-10,23,25-28,30-32,36H,8,11-21H2,1-4H3/t23-,25-,26-,27+,28+,30+,31-,32?,34+,35+/m1/s1. The second kappa shape index (κ2) is 11.0. The lowest BCUT2D eigenvalue weighted by molar-refractivity contribution is -0.171. The van der Waals surface area contributed by atoms with Crippen LogP contribution in [0.4, 0.5) is 0 Å². The molecular weight excluding hydrogens is 560 g/mol. The maximum absolute atomic E-state index is 13.0. The molecule has 0 amide bonds. The fraction of sp³-hybridized carbons (Fsp3) is 0.743. The highest BCUT2D eigenvalue weighted by molar-refractivity contribution is 7.88. The molecule has 1 spiro atoms. The fourth-order valence-electron chi connectivity index (χ4n) is 11.0. The third-order valence-electron chi connectivity index (χ3n) is 13.0. The molecule has 1 aromatic rings. The van der Waals surface area contributed by atoms with Crippen LogP contribution in [-0.4, -0.2) is 56.0 Å².